The SMILES string of the molecule is Cc1c[nH]c(=S)n1Cc1cccc(C#N)c1. The van der Waals surface area contributed by atoms with Gasteiger partial charge >= 0.3 is 0 Å². The number of nitrogens with zero attached hydrogens (tertiary/aromatic N) is 2. The molecule has 0 unspecified atom stereocenters. The molecule has 1 N–H and O–H groups in total. The van der Waals surface area contributed by atoms with Crippen LogP contribution in [0.2, 0.25) is 0 Å². The molecule has 4 heteroatoms. The van der Waals surface area contributed by atoms with Crippen molar-refractivity contribution in [2.24, 2.45) is 0 Å². The lowest BCUT2D eigenvalue weighted by molar-refractivity contribution is 0.758. The van der Waals surface area contributed by atoms with E-state index in [2.05, 4.69) is 11.1 Å². The van der Waals surface area contributed by atoms with Crippen LogP contribution in [0.15, 0.2) is 30.5 Å². The number of hydrogen-bond acceptors (Lipinski definition) is 2. The number of nitrogens with one attached hydrogen (secondary N) is 1. The summed E-state index contributed by atoms with van der Waals surface area (Å²) in [4.78, 5) is 3.00. The molecule has 0 saturated heterocycles. The second kappa shape index (κ2) is 4.33. The number of benzene rings is 1. The highest BCUT2D eigenvalue weighted by atomic mass is 32.1. The van der Waals surface area contributed by atoms with Crippen molar-refractivity contribution in [3.63, 3.8) is 0 Å². The molecule has 2 rings (SSSR count). The van der Waals surface area contributed by atoms with Gasteiger partial charge in [-0.1, -0.05) is 12.1 Å². The quantitative estimate of drug-likeness (QED) is 0.805. The number of aromatic amines is 1. The summed E-state index contributed by atoms with van der Waals surface area (Å²) in [7, 11) is 0. The van der Waals surface area contributed by atoms with Crippen molar-refractivity contribution < 1.29 is 0 Å². The first-order chi connectivity index (χ1) is 7.70. The van der Waals surface area contributed by atoms with Crippen LogP contribution in [0.25, 0.3) is 0 Å². The Labute approximate surface area is 99.0 Å². The number of rotatable bonds is 2. The van der Waals surface area contributed by atoms with Crippen LogP contribution >= 0.6 is 12.2 Å². The zero-order valence-corrected chi connectivity index (χ0v) is 9.71. The molecule has 2 aromatic rings. The van der Waals surface area contributed by atoms with E-state index in [1.807, 2.05) is 35.9 Å². The molecule has 0 fully saturated rings. The Kier molecular flexibility index (Phi) is 2.88. The summed E-state index contributed by atoms with van der Waals surface area (Å²) in [6.45, 7) is 2.70. The van der Waals surface area contributed by atoms with Crippen LogP contribution in [0.4, 0.5) is 0 Å². The van der Waals surface area contributed by atoms with E-state index in [9.17, 15) is 0 Å². The minimum Gasteiger partial charge on any atom is -0.337 e. The van der Waals surface area contributed by atoms with Crippen molar-refractivity contribution in [1.29, 1.82) is 5.26 Å². The molecule has 16 heavy (non-hydrogen) atoms. The lowest BCUT2D eigenvalue weighted by atomic mass is 10.1. The fraction of sp³-hybridized carbons (Fsp3) is 0.167. The normalized spacial score (nSPS) is 10.0. The van der Waals surface area contributed by atoms with E-state index in [1.54, 1.807) is 6.07 Å². The Bertz CT molecular complexity index is 601. The highest BCUT2D eigenvalue weighted by Gasteiger charge is 2.01. The molecule has 1 aromatic carbocycles. The van der Waals surface area contributed by atoms with E-state index in [0.29, 0.717) is 16.9 Å². The topological polar surface area (TPSA) is 44.5 Å². The third-order valence-corrected chi connectivity index (χ3v) is 2.81. The van der Waals surface area contributed by atoms with E-state index in [1.165, 1.54) is 0 Å². The number of nitriles is 1. The molecule has 0 bridgehead atoms. The summed E-state index contributed by atoms with van der Waals surface area (Å²) in [6.07, 6.45) is 1.89. The summed E-state index contributed by atoms with van der Waals surface area (Å²) in [5.74, 6) is 0. The maximum absolute atomic E-state index is 8.81. The van der Waals surface area contributed by atoms with Crippen molar-refractivity contribution in [3.8, 4) is 6.07 Å². The first kappa shape index (κ1) is 10.7. The van der Waals surface area contributed by atoms with Crippen LogP contribution < -0.4 is 0 Å². The van der Waals surface area contributed by atoms with Crippen molar-refractivity contribution in [2.45, 2.75) is 13.5 Å². The maximum Gasteiger partial charge on any atom is 0.177 e. The molecule has 1 aromatic heterocycles. The first-order valence-corrected chi connectivity index (χ1v) is 5.35. The van der Waals surface area contributed by atoms with Crippen LogP contribution in [0.1, 0.15) is 16.8 Å². The Balaban J connectivity index is 2.35. The van der Waals surface area contributed by atoms with Gasteiger partial charge in [-0.05, 0) is 36.8 Å². The van der Waals surface area contributed by atoms with Gasteiger partial charge in [0.05, 0.1) is 18.2 Å². The zero-order chi connectivity index (χ0) is 11.5. The predicted octanol–water partition coefficient (Wildman–Crippen LogP) is 2.77. The standard InChI is InChI=1S/C12H11N3S/c1-9-7-14-12(16)15(9)8-11-4-2-3-10(5-11)6-13/h2-5,7H,8H2,1H3,(H,14,16). The van der Waals surface area contributed by atoms with Gasteiger partial charge in [0.25, 0.3) is 0 Å². The van der Waals surface area contributed by atoms with Gasteiger partial charge in [0, 0.05) is 11.9 Å². The summed E-state index contributed by atoms with van der Waals surface area (Å²) >= 11 is 5.18. The van der Waals surface area contributed by atoms with Crippen LogP contribution in [-0.2, 0) is 6.54 Å². The number of hydrogen-bond donors (Lipinski definition) is 1. The second-order valence-corrected chi connectivity index (χ2v) is 4.02. The van der Waals surface area contributed by atoms with Gasteiger partial charge in [-0.15, -0.1) is 0 Å². The average Bonchev–Trinajstić information content (AvgIpc) is 2.61. The largest absolute Gasteiger partial charge is 0.337 e. The van der Waals surface area contributed by atoms with Gasteiger partial charge in [-0.25, -0.2) is 0 Å². The molecule has 3 nitrogen and oxygen atoms in total. The Morgan fingerprint density at radius 3 is 2.94 bits per heavy atom. The van der Waals surface area contributed by atoms with Crippen LogP contribution in [0.5, 0.6) is 0 Å². The third kappa shape index (κ3) is 2.05. The van der Waals surface area contributed by atoms with Gasteiger partial charge in [-0.2, -0.15) is 5.26 Å². The highest BCUT2D eigenvalue weighted by Crippen LogP contribution is 2.09. The Hall–Kier alpha value is -1.86. The van der Waals surface area contributed by atoms with Crippen LogP contribution in [0, 0.1) is 23.0 Å². The second-order valence-electron chi connectivity index (χ2n) is 3.63. The minimum absolute atomic E-state index is 0.678. The van der Waals surface area contributed by atoms with Gasteiger partial charge < -0.3 is 9.55 Å². The van der Waals surface area contributed by atoms with Gasteiger partial charge in [0.2, 0.25) is 0 Å². The molecule has 0 amide bonds. The smallest absolute Gasteiger partial charge is 0.177 e. The van der Waals surface area contributed by atoms with Crippen molar-refractivity contribution >= 4 is 12.2 Å². The monoisotopic (exact) mass is 229 g/mol. The molecule has 0 spiro atoms. The molecular formula is C12H11N3S. The lowest BCUT2D eigenvalue weighted by Crippen LogP contribution is -2.01. The predicted molar refractivity (Wildman–Crippen MR) is 64.6 cm³/mol. The molecule has 0 radical (unpaired) electrons. The maximum atomic E-state index is 8.81. The average molecular weight is 229 g/mol. The molecule has 0 atom stereocenters. The summed E-state index contributed by atoms with van der Waals surface area (Å²) < 4.78 is 2.71. The Morgan fingerprint density at radius 1 is 1.50 bits per heavy atom. The first-order valence-electron chi connectivity index (χ1n) is 4.94. The number of aromatic nitrogens is 2. The highest BCUT2D eigenvalue weighted by molar-refractivity contribution is 7.71. The number of H-pyrrole nitrogens is 1. The summed E-state index contributed by atoms with van der Waals surface area (Å²) in [5.41, 5.74) is 2.85. The number of imidazole rings is 1. The fourth-order valence-electron chi connectivity index (χ4n) is 1.60. The van der Waals surface area contributed by atoms with E-state index in [4.69, 9.17) is 17.5 Å². The zero-order valence-electron chi connectivity index (χ0n) is 8.90. The van der Waals surface area contributed by atoms with Crippen molar-refractivity contribution in [2.75, 3.05) is 0 Å². The molecule has 0 aliphatic heterocycles. The van der Waals surface area contributed by atoms with Crippen molar-refractivity contribution in [3.05, 3.63) is 52.1 Å². The molecule has 0 aliphatic carbocycles. The van der Waals surface area contributed by atoms with E-state index in [-0.39, 0.29) is 0 Å². The van der Waals surface area contributed by atoms with Crippen LogP contribution in [0.3, 0.4) is 0 Å². The number of aryl methyl sites for hydroxylation is 1. The summed E-state index contributed by atoms with van der Waals surface area (Å²) in [5, 5.41) is 8.81. The lowest BCUT2D eigenvalue weighted by Gasteiger charge is -2.05. The van der Waals surface area contributed by atoms with Gasteiger partial charge in [0.15, 0.2) is 4.77 Å². The van der Waals surface area contributed by atoms with E-state index in [0.717, 1.165) is 11.3 Å². The summed E-state index contributed by atoms with van der Waals surface area (Å²) in [6, 6.07) is 9.70. The van der Waals surface area contributed by atoms with E-state index < -0.39 is 0 Å². The molecule has 0 aliphatic rings. The van der Waals surface area contributed by atoms with Crippen molar-refractivity contribution in [1.82, 2.24) is 9.55 Å². The minimum atomic E-state index is 0.678. The third-order valence-electron chi connectivity index (χ3n) is 2.47. The molecular weight excluding hydrogens is 218 g/mol. The molecule has 0 saturated carbocycles. The van der Waals surface area contributed by atoms with Gasteiger partial charge in [0.1, 0.15) is 0 Å². The molecule has 80 valence electrons. The van der Waals surface area contributed by atoms with Gasteiger partial charge in [-0.3, -0.25) is 0 Å². The fourth-order valence-corrected chi connectivity index (χ4v) is 1.87. The molecule has 1 heterocycles. The Morgan fingerprint density at radius 2 is 2.31 bits per heavy atom. The van der Waals surface area contributed by atoms with E-state index >= 15 is 0 Å². The van der Waals surface area contributed by atoms with Crippen LogP contribution in [-0.4, -0.2) is 9.55 Å².